The maximum absolute atomic E-state index is 12.8. The molecule has 2 aliphatic heterocycles. The fourth-order valence-electron chi connectivity index (χ4n) is 3.88. The van der Waals surface area contributed by atoms with E-state index in [1.807, 2.05) is 24.3 Å². The van der Waals surface area contributed by atoms with Gasteiger partial charge in [-0.15, -0.1) is 5.10 Å². The first-order chi connectivity index (χ1) is 14.5. The first kappa shape index (κ1) is 20.4. The molecule has 0 saturated carbocycles. The van der Waals surface area contributed by atoms with Gasteiger partial charge in [-0.3, -0.25) is 4.79 Å². The Morgan fingerprint density at radius 3 is 2.70 bits per heavy atom. The molecule has 0 radical (unpaired) electrons. The lowest BCUT2D eigenvalue weighted by Crippen LogP contribution is -2.50. The number of fused-ring (bicyclic) bond motifs is 1. The molecule has 9 heteroatoms. The van der Waals surface area contributed by atoms with Crippen molar-refractivity contribution in [2.75, 3.05) is 43.5 Å². The minimum atomic E-state index is -0.538. The van der Waals surface area contributed by atoms with Crippen molar-refractivity contribution in [3.05, 3.63) is 41.1 Å². The number of amides is 1. The highest BCUT2D eigenvalue weighted by molar-refractivity contribution is 6.04. The van der Waals surface area contributed by atoms with Crippen molar-refractivity contribution in [2.24, 2.45) is 0 Å². The zero-order chi connectivity index (χ0) is 21.3. The molecule has 9 nitrogen and oxygen atoms in total. The van der Waals surface area contributed by atoms with Crippen LogP contribution in [0.25, 0.3) is 0 Å². The fraction of sp³-hybridized carbons (Fsp3) is 0.476. The summed E-state index contributed by atoms with van der Waals surface area (Å²) in [7, 11) is 2.14. The van der Waals surface area contributed by atoms with E-state index in [1.54, 1.807) is 6.92 Å². The Morgan fingerprint density at radius 1 is 1.23 bits per heavy atom. The smallest absolute Gasteiger partial charge is 0.435 e. The van der Waals surface area contributed by atoms with Crippen LogP contribution in [0.4, 0.5) is 16.3 Å². The predicted octanol–water partition coefficient (Wildman–Crippen LogP) is 1.88. The number of likely N-dealkylation sites (N-methyl/N-ethyl adjacent to an activating group) is 1. The summed E-state index contributed by atoms with van der Waals surface area (Å²) in [5, 5.41) is 10.3. The zero-order valence-corrected chi connectivity index (χ0v) is 17.6. The third-order valence-electron chi connectivity index (χ3n) is 5.81. The minimum Gasteiger partial charge on any atom is -0.448 e. The largest absolute Gasteiger partial charge is 0.448 e. The summed E-state index contributed by atoms with van der Waals surface area (Å²) in [5.41, 5.74) is 3.21. The van der Waals surface area contributed by atoms with E-state index in [9.17, 15) is 9.59 Å². The van der Waals surface area contributed by atoms with Gasteiger partial charge in [0, 0.05) is 55.6 Å². The Balaban J connectivity index is 1.47. The number of carbonyl (C=O) groups excluding carboxylic acids is 2. The van der Waals surface area contributed by atoms with Crippen LogP contribution in [-0.2, 0) is 17.8 Å². The van der Waals surface area contributed by atoms with Crippen LogP contribution >= 0.6 is 0 Å². The predicted molar refractivity (Wildman–Crippen MR) is 114 cm³/mol. The van der Waals surface area contributed by atoms with E-state index < -0.39 is 6.09 Å². The molecule has 2 aliphatic rings. The Labute approximate surface area is 176 Å². The summed E-state index contributed by atoms with van der Waals surface area (Å²) in [6.45, 7) is 8.24. The highest BCUT2D eigenvalue weighted by atomic mass is 16.6. The molecule has 160 valence electrons. The van der Waals surface area contributed by atoms with E-state index in [1.165, 1.54) is 4.68 Å². The normalized spacial score (nSPS) is 18.9. The molecule has 30 heavy (non-hydrogen) atoms. The van der Waals surface area contributed by atoms with Crippen LogP contribution in [0.3, 0.4) is 0 Å². The first-order valence-electron chi connectivity index (χ1n) is 10.3. The van der Waals surface area contributed by atoms with Gasteiger partial charge in [-0.1, -0.05) is 0 Å². The number of hydrogen-bond acceptors (Lipinski definition) is 7. The molecular weight excluding hydrogens is 384 g/mol. The highest BCUT2D eigenvalue weighted by Gasteiger charge is 2.27. The number of anilines is 2. The van der Waals surface area contributed by atoms with Gasteiger partial charge >= 0.3 is 6.09 Å². The lowest BCUT2D eigenvalue weighted by atomic mass is 10.1. The molecule has 0 bridgehead atoms. The topological polar surface area (TPSA) is 91.7 Å². The van der Waals surface area contributed by atoms with Crippen molar-refractivity contribution < 1.29 is 14.3 Å². The third kappa shape index (κ3) is 3.90. The Morgan fingerprint density at radius 2 is 2.00 bits per heavy atom. The number of nitrogens with one attached hydrogen (secondary N) is 2. The summed E-state index contributed by atoms with van der Waals surface area (Å²) < 4.78 is 6.28. The average Bonchev–Trinajstić information content (AvgIpc) is 3.34. The number of nitrogens with zero attached hydrogens (tertiary/aromatic N) is 4. The van der Waals surface area contributed by atoms with E-state index in [4.69, 9.17) is 4.74 Å². The van der Waals surface area contributed by atoms with Crippen LogP contribution in [0.2, 0.25) is 0 Å². The van der Waals surface area contributed by atoms with Crippen molar-refractivity contribution in [1.82, 2.24) is 20.0 Å². The van der Waals surface area contributed by atoms with Crippen molar-refractivity contribution in [1.29, 1.82) is 0 Å². The summed E-state index contributed by atoms with van der Waals surface area (Å²) in [6, 6.07) is 8.11. The number of benzene rings is 1. The Bertz CT molecular complexity index is 939. The Hall–Kier alpha value is -2.91. The standard InChI is InChI=1S/C21H28N6O3/c1-4-30-21(29)27-18-12-22-11-17(18)19(24-27)23-20(28)15-5-7-16(8-6-15)26-10-9-25(3)14(2)13-26/h5-8,14,22H,4,9-13H2,1-3H3,(H,23,24,28). The molecule has 3 heterocycles. The van der Waals surface area contributed by atoms with E-state index in [0.29, 0.717) is 30.5 Å². The average molecular weight is 412 g/mol. The van der Waals surface area contributed by atoms with Gasteiger partial charge in [0.25, 0.3) is 5.91 Å². The molecule has 0 aliphatic carbocycles. The van der Waals surface area contributed by atoms with Crippen molar-refractivity contribution in [3.63, 3.8) is 0 Å². The Kier molecular flexibility index (Phi) is 5.74. The van der Waals surface area contributed by atoms with Gasteiger partial charge in [-0.2, -0.15) is 4.68 Å². The van der Waals surface area contributed by atoms with Gasteiger partial charge in [0.2, 0.25) is 0 Å². The molecule has 1 saturated heterocycles. The monoisotopic (exact) mass is 412 g/mol. The van der Waals surface area contributed by atoms with Crippen LogP contribution in [0.5, 0.6) is 0 Å². The fourth-order valence-corrected chi connectivity index (χ4v) is 3.88. The zero-order valence-electron chi connectivity index (χ0n) is 17.6. The quantitative estimate of drug-likeness (QED) is 0.792. The summed E-state index contributed by atoms with van der Waals surface area (Å²) >= 11 is 0. The lowest BCUT2D eigenvalue weighted by Gasteiger charge is -2.39. The summed E-state index contributed by atoms with van der Waals surface area (Å²) in [4.78, 5) is 29.6. The van der Waals surface area contributed by atoms with Gasteiger partial charge in [-0.25, -0.2) is 4.79 Å². The van der Waals surface area contributed by atoms with Crippen molar-refractivity contribution in [2.45, 2.75) is 33.0 Å². The van der Waals surface area contributed by atoms with Crippen molar-refractivity contribution in [3.8, 4) is 0 Å². The number of carbonyl (C=O) groups is 2. The molecule has 4 rings (SSSR count). The van der Waals surface area contributed by atoms with Crippen LogP contribution in [-0.4, -0.2) is 66.0 Å². The van der Waals surface area contributed by atoms with E-state index in [-0.39, 0.29) is 12.5 Å². The number of hydrogen-bond donors (Lipinski definition) is 2. The number of rotatable bonds is 4. The molecule has 1 aromatic heterocycles. The third-order valence-corrected chi connectivity index (χ3v) is 5.81. The SMILES string of the molecule is CCOC(=O)n1nc(NC(=O)c2ccc(N3CCN(C)C(C)C3)cc2)c2c1CNC2. The van der Waals surface area contributed by atoms with Gasteiger partial charge in [0.1, 0.15) is 0 Å². The molecule has 1 atom stereocenters. The first-order valence-corrected chi connectivity index (χ1v) is 10.3. The van der Waals surface area contributed by atoms with Crippen molar-refractivity contribution >= 4 is 23.5 Å². The molecule has 1 fully saturated rings. The van der Waals surface area contributed by atoms with Gasteiger partial charge < -0.3 is 25.2 Å². The van der Waals surface area contributed by atoms with Crippen LogP contribution in [0, 0.1) is 0 Å². The van der Waals surface area contributed by atoms with Gasteiger partial charge in [0.15, 0.2) is 5.82 Å². The second kappa shape index (κ2) is 8.45. The summed E-state index contributed by atoms with van der Waals surface area (Å²) in [6.07, 6.45) is -0.538. The molecular formula is C21H28N6O3. The van der Waals surface area contributed by atoms with Crippen LogP contribution in [0.1, 0.15) is 35.5 Å². The number of piperazine rings is 1. The second-order valence-electron chi connectivity index (χ2n) is 7.76. The molecule has 1 amide bonds. The van der Waals surface area contributed by atoms with Gasteiger partial charge in [-0.05, 0) is 45.2 Å². The van der Waals surface area contributed by atoms with Gasteiger partial charge in [0.05, 0.1) is 12.3 Å². The maximum atomic E-state index is 12.8. The van der Waals surface area contributed by atoms with Crippen LogP contribution < -0.4 is 15.5 Å². The molecule has 2 N–H and O–H groups in total. The maximum Gasteiger partial charge on any atom is 0.435 e. The summed E-state index contributed by atoms with van der Waals surface area (Å²) in [5.74, 6) is 0.140. The number of aromatic nitrogens is 2. The van der Waals surface area contributed by atoms with Crippen LogP contribution in [0.15, 0.2) is 24.3 Å². The second-order valence-corrected chi connectivity index (χ2v) is 7.76. The van der Waals surface area contributed by atoms with E-state index in [2.05, 4.69) is 39.5 Å². The highest BCUT2D eigenvalue weighted by Crippen LogP contribution is 2.25. The molecule has 2 aromatic rings. The molecule has 1 unspecified atom stereocenters. The lowest BCUT2D eigenvalue weighted by molar-refractivity contribution is 0.102. The molecule has 1 aromatic carbocycles. The number of ether oxygens (including phenoxy) is 1. The molecule has 0 spiro atoms. The van der Waals surface area contributed by atoms with E-state index in [0.717, 1.165) is 36.6 Å². The minimum absolute atomic E-state index is 0.253. The van der Waals surface area contributed by atoms with E-state index >= 15 is 0 Å².